The Morgan fingerprint density at radius 2 is 1.87 bits per heavy atom. The highest BCUT2D eigenvalue weighted by atomic mass is 16.5. The summed E-state index contributed by atoms with van der Waals surface area (Å²) in [5, 5.41) is 8.52. The molecule has 1 heterocycles. The van der Waals surface area contributed by atoms with Crippen LogP contribution < -0.4 is 14.8 Å². The van der Waals surface area contributed by atoms with Crippen molar-refractivity contribution in [3.63, 3.8) is 0 Å². The molecule has 1 atom stereocenters. The van der Waals surface area contributed by atoms with E-state index in [4.69, 9.17) is 14.6 Å². The van der Waals surface area contributed by atoms with Crippen LogP contribution in [0.25, 0.3) is 5.69 Å². The molecule has 0 aliphatic heterocycles. The van der Waals surface area contributed by atoms with Crippen LogP contribution in [0.2, 0.25) is 0 Å². The van der Waals surface area contributed by atoms with Crippen molar-refractivity contribution in [2.75, 3.05) is 14.2 Å². The standard InChI is InChI=1S/C25H31N3O2/c1-17-9-11-19(12-10-17)28-22-14-25(2,3)13-21(20(22)16-27-28)26-15-18-7-6-8-23(29-4)24(18)30-5/h6-12,16,21,26H,13-15H2,1-5H3. The highest BCUT2D eigenvalue weighted by molar-refractivity contribution is 5.46. The van der Waals surface area contributed by atoms with Crippen molar-refractivity contribution in [3.05, 3.63) is 71.0 Å². The Hall–Kier alpha value is -2.79. The van der Waals surface area contributed by atoms with E-state index in [0.717, 1.165) is 35.6 Å². The van der Waals surface area contributed by atoms with Crippen molar-refractivity contribution in [2.24, 2.45) is 5.41 Å². The lowest BCUT2D eigenvalue weighted by Crippen LogP contribution is -2.33. The van der Waals surface area contributed by atoms with E-state index < -0.39 is 0 Å². The van der Waals surface area contributed by atoms with Crippen molar-refractivity contribution in [1.82, 2.24) is 15.1 Å². The minimum atomic E-state index is 0.186. The lowest BCUT2D eigenvalue weighted by molar-refractivity contribution is 0.252. The molecular weight excluding hydrogens is 374 g/mol. The molecule has 5 heteroatoms. The van der Waals surface area contributed by atoms with Gasteiger partial charge in [-0.2, -0.15) is 5.10 Å². The molecule has 3 aromatic rings. The number of aryl methyl sites for hydroxylation is 1. The summed E-state index contributed by atoms with van der Waals surface area (Å²) in [4.78, 5) is 0. The normalized spacial score (nSPS) is 17.4. The van der Waals surface area contributed by atoms with Crippen LogP contribution in [-0.2, 0) is 13.0 Å². The first kappa shape index (κ1) is 20.5. The molecule has 0 amide bonds. The highest BCUT2D eigenvalue weighted by Crippen LogP contribution is 2.42. The molecule has 30 heavy (non-hydrogen) atoms. The molecular formula is C25H31N3O2. The van der Waals surface area contributed by atoms with Gasteiger partial charge in [0.15, 0.2) is 11.5 Å². The Morgan fingerprint density at radius 3 is 2.57 bits per heavy atom. The van der Waals surface area contributed by atoms with Gasteiger partial charge in [0.05, 0.1) is 26.1 Å². The lowest BCUT2D eigenvalue weighted by atomic mass is 9.74. The van der Waals surface area contributed by atoms with Gasteiger partial charge in [-0.15, -0.1) is 0 Å². The first-order chi connectivity index (χ1) is 14.4. The summed E-state index contributed by atoms with van der Waals surface area (Å²) in [5.41, 5.74) is 6.24. The maximum atomic E-state index is 5.61. The number of benzene rings is 2. The van der Waals surface area contributed by atoms with Crippen molar-refractivity contribution >= 4 is 0 Å². The zero-order valence-corrected chi connectivity index (χ0v) is 18.5. The van der Waals surface area contributed by atoms with Crippen LogP contribution in [0.15, 0.2) is 48.7 Å². The molecule has 1 aliphatic rings. The van der Waals surface area contributed by atoms with Crippen molar-refractivity contribution in [2.45, 2.75) is 46.2 Å². The zero-order valence-electron chi connectivity index (χ0n) is 18.5. The lowest BCUT2D eigenvalue weighted by Gasteiger charge is -2.36. The number of para-hydroxylation sites is 1. The molecule has 158 valence electrons. The monoisotopic (exact) mass is 405 g/mol. The van der Waals surface area contributed by atoms with Gasteiger partial charge in [-0.3, -0.25) is 0 Å². The third kappa shape index (κ3) is 3.94. The fourth-order valence-electron chi connectivity index (χ4n) is 4.46. The fourth-order valence-corrected chi connectivity index (χ4v) is 4.46. The number of nitrogens with zero attached hydrogens (tertiary/aromatic N) is 2. The van der Waals surface area contributed by atoms with Gasteiger partial charge in [-0.1, -0.05) is 43.7 Å². The van der Waals surface area contributed by atoms with E-state index in [1.54, 1.807) is 14.2 Å². The molecule has 0 saturated heterocycles. The predicted molar refractivity (Wildman–Crippen MR) is 120 cm³/mol. The second kappa shape index (κ2) is 8.15. The number of fused-ring (bicyclic) bond motifs is 1. The first-order valence-corrected chi connectivity index (χ1v) is 10.5. The summed E-state index contributed by atoms with van der Waals surface area (Å²) in [6.07, 6.45) is 4.10. The summed E-state index contributed by atoms with van der Waals surface area (Å²) in [6, 6.07) is 14.8. The van der Waals surface area contributed by atoms with Gasteiger partial charge >= 0.3 is 0 Å². The molecule has 2 aromatic carbocycles. The predicted octanol–water partition coefficient (Wildman–Crippen LogP) is 5.00. The maximum Gasteiger partial charge on any atom is 0.165 e. The third-order valence-electron chi connectivity index (χ3n) is 5.98. The Balaban J connectivity index is 1.63. The number of nitrogens with one attached hydrogen (secondary N) is 1. The topological polar surface area (TPSA) is 48.3 Å². The van der Waals surface area contributed by atoms with Gasteiger partial charge in [0.2, 0.25) is 0 Å². The van der Waals surface area contributed by atoms with Gasteiger partial charge in [-0.05, 0) is 43.4 Å². The highest BCUT2D eigenvalue weighted by Gasteiger charge is 2.35. The smallest absolute Gasteiger partial charge is 0.165 e. The number of ether oxygens (including phenoxy) is 2. The van der Waals surface area contributed by atoms with Gasteiger partial charge in [0.25, 0.3) is 0 Å². The molecule has 1 aromatic heterocycles. The molecule has 0 spiro atoms. The molecule has 5 nitrogen and oxygen atoms in total. The van der Waals surface area contributed by atoms with Crippen LogP contribution in [0.3, 0.4) is 0 Å². The number of hydrogen-bond donors (Lipinski definition) is 1. The number of hydrogen-bond acceptors (Lipinski definition) is 4. The second-order valence-corrected chi connectivity index (χ2v) is 8.93. The van der Waals surface area contributed by atoms with E-state index in [-0.39, 0.29) is 11.5 Å². The molecule has 4 rings (SSSR count). The number of rotatable bonds is 6. The van der Waals surface area contributed by atoms with Crippen LogP contribution in [0.1, 0.15) is 48.7 Å². The quantitative estimate of drug-likeness (QED) is 0.627. The SMILES string of the molecule is COc1cccc(CNC2CC(C)(C)Cc3c2cnn3-c2ccc(C)cc2)c1OC. The van der Waals surface area contributed by atoms with Crippen LogP contribution in [0.4, 0.5) is 0 Å². The zero-order chi connectivity index (χ0) is 21.3. The Bertz CT molecular complexity index is 1020. The molecule has 0 fully saturated rings. The Kier molecular flexibility index (Phi) is 5.56. The van der Waals surface area contributed by atoms with Crippen molar-refractivity contribution in [1.29, 1.82) is 0 Å². The van der Waals surface area contributed by atoms with E-state index in [2.05, 4.69) is 61.1 Å². The molecule has 1 aliphatic carbocycles. The molecule has 1 unspecified atom stereocenters. The molecule has 0 bridgehead atoms. The summed E-state index contributed by atoms with van der Waals surface area (Å²) in [6.45, 7) is 7.49. The van der Waals surface area contributed by atoms with Crippen LogP contribution in [0.5, 0.6) is 11.5 Å². The Labute approximate surface area is 179 Å². The second-order valence-electron chi connectivity index (χ2n) is 8.93. The van der Waals surface area contributed by atoms with E-state index in [9.17, 15) is 0 Å². The minimum Gasteiger partial charge on any atom is -0.493 e. The van der Waals surface area contributed by atoms with Crippen LogP contribution in [0, 0.1) is 12.3 Å². The Morgan fingerprint density at radius 1 is 1.10 bits per heavy atom. The average Bonchev–Trinajstić information content (AvgIpc) is 3.14. The molecule has 0 saturated carbocycles. The molecule has 0 radical (unpaired) electrons. The number of aromatic nitrogens is 2. The first-order valence-electron chi connectivity index (χ1n) is 10.5. The fraction of sp³-hybridized carbons (Fsp3) is 0.400. The summed E-state index contributed by atoms with van der Waals surface area (Å²) in [7, 11) is 3.36. The van der Waals surface area contributed by atoms with Gasteiger partial charge in [-0.25, -0.2) is 4.68 Å². The van der Waals surface area contributed by atoms with E-state index in [1.165, 1.54) is 16.8 Å². The number of methoxy groups -OCH3 is 2. The summed E-state index contributed by atoms with van der Waals surface area (Å²) >= 11 is 0. The van der Waals surface area contributed by atoms with Crippen molar-refractivity contribution in [3.8, 4) is 17.2 Å². The van der Waals surface area contributed by atoms with Gasteiger partial charge < -0.3 is 14.8 Å². The minimum absolute atomic E-state index is 0.186. The van der Waals surface area contributed by atoms with Crippen LogP contribution >= 0.6 is 0 Å². The van der Waals surface area contributed by atoms with Gasteiger partial charge in [0.1, 0.15) is 0 Å². The largest absolute Gasteiger partial charge is 0.493 e. The third-order valence-corrected chi connectivity index (χ3v) is 5.98. The summed E-state index contributed by atoms with van der Waals surface area (Å²) in [5.74, 6) is 1.55. The molecule has 1 N–H and O–H groups in total. The van der Waals surface area contributed by atoms with E-state index in [1.807, 2.05) is 18.3 Å². The average molecular weight is 406 g/mol. The van der Waals surface area contributed by atoms with Crippen LogP contribution in [-0.4, -0.2) is 24.0 Å². The van der Waals surface area contributed by atoms with E-state index >= 15 is 0 Å². The maximum absolute atomic E-state index is 5.61. The van der Waals surface area contributed by atoms with E-state index in [0.29, 0.717) is 6.54 Å². The van der Waals surface area contributed by atoms with Crippen molar-refractivity contribution < 1.29 is 9.47 Å². The van der Waals surface area contributed by atoms with Gasteiger partial charge in [0, 0.05) is 29.4 Å². The summed E-state index contributed by atoms with van der Waals surface area (Å²) < 4.78 is 13.2.